The normalized spacial score (nSPS) is 11.0. The number of carbonyl (C=O) groups excluding carboxylic acids is 1. The molecular formula is C18H22N2O5S. The molecule has 0 radical (unpaired) electrons. The third-order valence-electron chi connectivity index (χ3n) is 3.89. The minimum Gasteiger partial charge on any atom is -0.496 e. The minimum absolute atomic E-state index is 0.212. The van der Waals surface area contributed by atoms with Gasteiger partial charge in [0.1, 0.15) is 11.5 Å². The van der Waals surface area contributed by atoms with Crippen molar-refractivity contribution in [3.05, 3.63) is 47.5 Å². The summed E-state index contributed by atoms with van der Waals surface area (Å²) in [5.74, 6) is 0.418. The summed E-state index contributed by atoms with van der Waals surface area (Å²) >= 11 is 0. The Morgan fingerprint density at radius 2 is 1.65 bits per heavy atom. The zero-order valence-electron chi connectivity index (χ0n) is 15.4. The van der Waals surface area contributed by atoms with Crippen molar-refractivity contribution < 1.29 is 22.7 Å². The fraction of sp³-hybridized carbons (Fsp3) is 0.278. The van der Waals surface area contributed by atoms with Crippen molar-refractivity contribution in [1.29, 1.82) is 0 Å². The third kappa shape index (κ3) is 4.26. The average molecular weight is 378 g/mol. The highest BCUT2D eigenvalue weighted by Crippen LogP contribution is 2.29. The number of methoxy groups -OCH3 is 2. The van der Waals surface area contributed by atoms with E-state index in [0.29, 0.717) is 22.9 Å². The lowest BCUT2D eigenvalue weighted by atomic mass is 10.1. The number of anilines is 2. The van der Waals surface area contributed by atoms with Gasteiger partial charge in [0, 0.05) is 7.05 Å². The molecule has 0 atom stereocenters. The summed E-state index contributed by atoms with van der Waals surface area (Å²) in [7, 11) is 0.927. The van der Waals surface area contributed by atoms with Crippen molar-refractivity contribution in [3.8, 4) is 11.5 Å². The molecule has 0 bridgehead atoms. The summed E-state index contributed by atoms with van der Waals surface area (Å²) in [4.78, 5) is 12.8. The molecule has 1 amide bonds. The van der Waals surface area contributed by atoms with Crippen LogP contribution in [0.1, 0.15) is 15.9 Å². The number of nitrogens with one attached hydrogen (secondary N) is 1. The van der Waals surface area contributed by atoms with Crippen molar-refractivity contribution in [2.75, 3.05) is 37.1 Å². The van der Waals surface area contributed by atoms with Crippen molar-refractivity contribution in [2.45, 2.75) is 6.92 Å². The Labute approximate surface area is 153 Å². The summed E-state index contributed by atoms with van der Waals surface area (Å²) in [6, 6.07) is 10.0. The molecule has 140 valence electrons. The highest BCUT2D eigenvalue weighted by Gasteiger charge is 2.19. The largest absolute Gasteiger partial charge is 0.496 e. The van der Waals surface area contributed by atoms with Gasteiger partial charge in [-0.25, -0.2) is 8.42 Å². The number of benzene rings is 2. The van der Waals surface area contributed by atoms with E-state index in [0.717, 1.165) is 16.1 Å². The van der Waals surface area contributed by atoms with Gasteiger partial charge in [0.2, 0.25) is 10.0 Å². The standard InChI is InChI=1S/C18H22N2O5S/c1-12-6-8-17(25-4)15(10-12)19-18(21)14-11-13(7-9-16(14)24-3)20(2)26(5,22)23/h6-11H,1-5H3,(H,19,21). The van der Waals surface area contributed by atoms with E-state index in [1.165, 1.54) is 27.3 Å². The van der Waals surface area contributed by atoms with Gasteiger partial charge in [-0.05, 0) is 42.8 Å². The lowest BCUT2D eigenvalue weighted by Gasteiger charge is -2.19. The van der Waals surface area contributed by atoms with E-state index in [9.17, 15) is 13.2 Å². The van der Waals surface area contributed by atoms with Crippen LogP contribution in [0.4, 0.5) is 11.4 Å². The molecule has 1 N–H and O–H groups in total. The number of rotatable bonds is 6. The van der Waals surface area contributed by atoms with Gasteiger partial charge in [-0.3, -0.25) is 9.10 Å². The van der Waals surface area contributed by atoms with Crippen LogP contribution in [0.3, 0.4) is 0 Å². The number of sulfonamides is 1. The van der Waals surface area contributed by atoms with Crippen LogP contribution in [0, 0.1) is 6.92 Å². The van der Waals surface area contributed by atoms with Gasteiger partial charge in [0.25, 0.3) is 5.91 Å². The van der Waals surface area contributed by atoms with Crippen LogP contribution >= 0.6 is 0 Å². The number of hydrogen-bond donors (Lipinski definition) is 1. The first-order chi connectivity index (χ1) is 12.2. The van der Waals surface area contributed by atoms with Crippen LogP contribution in [0.2, 0.25) is 0 Å². The van der Waals surface area contributed by atoms with Gasteiger partial charge in [0.05, 0.1) is 37.4 Å². The van der Waals surface area contributed by atoms with Gasteiger partial charge in [-0.1, -0.05) is 6.07 Å². The first kappa shape index (κ1) is 19.6. The second kappa shape index (κ2) is 7.65. The van der Waals surface area contributed by atoms with E-state index >= 15 is 0 Å². The fourth-order valence-corrected chi connectivity index (χ4v) is 2.87. The Hall–Kier alpha value is -2.74. The maximum absolute atomic E-state index is 12.8. The third-order valence-corrected chi connectivity index (χ3v) is 5.10. The molecule has 0 aliphatic heterocycles. The second-order valence-corrected chi connectivity index (χ2v) is 7.79. The lowest BCUT2D eigenvalue weighted by Crippen LogP contribution is -2.25. The highest BCUT2D eigenvalue weighted by molar-refractivity contribution is 7.92. The molecule has 2 aromatic carbocycles. The molecular weight excluding hydrogens is 356 g/mol. The molecule has 0 saturated heterocycles. The van der Waals surface area contributed by atoms with E-state index in [4.69, 9.17) is 9.47 Å². The molecule has 8 heteroatoms. The van der Waals surface area contributed by atoms with Crippen molar-refractivity contribution in [3.63, 3.8) is 0 Å². The van der Waals surface area contributed by atoms with E-state index in [1.54, 1.807) is 24.3 Å². The molecule has 0 aliphatic carbocycles. The minimum atomic E-state index is -3.45. The SMILES string of the molecule is COc1ccc(C)cc1NC(=O)c1cc(N(C)S(C)(=O)=O)ccc1OC. The quantitative estimate of drug-likeness (QED) is 0.835. The van der Waals surface area contributed by atoms with Gasteiger partial charge >= 0.3 is 0 Å². The molecule has 0 spiro atoms. The van der Waals surface area contributed by atoms with Crippen LogP contribution in [-0.4, -0.2) is 41.8 Å². The Kier molecular flexibility index (Phi) is 5.76. The Morgan fingerprint density at radius 1 is 1.04 bits per heavy atom. The van der Waals surface area contributed by atoms with E-state index in [-0.39, 0.29) is 5.56 Å². The maximum Gasteiger partial charge on any atom is 0.259 e. The van der Waals surface area contributed by atoms with Crippen LogP contribution in [0.25, 0.3) is 0 Å². The highest BCUT2D eigenvalue weighted by atomic mass is 32.2. The molecule has 26 heavy (non-hydrogen) atoms. The predicted octanol–water partition coefficient (Wildman–Crippen LogP) is 2.66. The summed E-state index contributed by atoms with van der Waals surface area (Å²) in [5, 5.41) is 2.79. The number of hydrogen-bond acceptors (Lipinski definition) is 5. The zero-order valence-corrected chi connectivity index (χ0v) is 16.2. The van der Waals surface area contributed by atoms with Crippen LogP contribution in [-0.2, 0) is 10.0 Å². The van der Waals surface area contributed by atoms with E-state index in [1.807, 2.05) is 13.0 Å². The Bertz CT molecular complexity index is 925. The van der Waals surface area contributed by atoms with Crippen LogP contribution in [0.15, 0.2) is 36.4 Å². The van der Waals surface area contributed by atoms with Crippen molar-refractivity contribution in [2.24, 2.45) is 0 Å². The molecule has 2 rings (SSSR count). The van der Waals surface area contributed by atoms with Crippen molar-refractivity contribution >= 4 is 27.3 Å². The van der Waals surface area contributed by atoms with E-state index in [2.05, 4.69) is 5.32 Å². The van der Waals surface area contributed by atoms with Crippen LogP contribution < -0.4 is 19.1 Å². The van der Waals surface area contributed by atoms with Gasteiger partial charge in [-0.2, -0.15) is 0 Å². The maximum atomic E-state index is 12.8. The number of ether oxygens (including phenoxy) is 2. The summed E-state index contributed by atoms with van der Waals surface area (Å²) in [5.41, 5.74) is 2.04. The predicted molar refractivity (Wildman–Crippen MR) is 102 cm³/mol. The molecule has 0 saturated carbocycles. The molecule has 2 aromatic rings. The number of amides is 1. The molecule has 0 heterocycles. The van der Waals surface area contributed by atoms with Gasteiger partial charge in [0.15, 0.2) is 0 Å². The fourth-order valence-electron chi connectivity index (χ4n) is 2.37. The van der Waals surface area contributed by atoms with Crippen molar-refractivity contribution in [1.82, 2.24) is 0 Å². The monoisotopic (exact) mass is 378 g/mol. The van der Waals surface area contributed by atoms with Crippen LogP contribution in [0.5, 0.6) is 11.5 Å². The topological polar surface area (TPSA) is 84.9 Å². The number of carbonyl (C=O) groups is 1. The summed E-state index contributed by atoms with van der Waals surface area (Å²) < 4.78 is 35.1. The van der Waals surface area contributed by atoms with Gasteiger partial charge < -0.3 is 14.8 Å². The molecule has 0 fully saturated rings. The summed E-state index contributed by atoms with van der Waals surface area (Å²) in [6.45, 7) is 1.90. The summed E-state index contributed by atoms with van der Waals surface area (Å²) in [6.07, 6.45) is 1.09. The lowest BCUT2D eigenvalue weighted by molar-refractivity contribution is 0.102. The second-order valence-electron chi connectivity index (χ2n) is 5.77. The number of nitrogens with zero attached hydrogens (tertiary/aromatic N) is 1. The Balaban J connectivity index is 2.43. The first-order valence-corrected chi connectivity index (χ1v) is 9.60. The number of aryl methyl sites for hydroxylation is 1. The van der Waals surface area contributed by atoms with Gasteiger partial charge in [-0.15, -0.1) is 0 Å². The smallest absolute Gasteiger partial charge is 0.259 e. The molecule has 0 aliphatic rings. The molecule has 7 nitrogen and oxygen atoms in total. The average Bonchev–Trinajstić information content (AvgIpc) is 2.59. The zero-order chi connectivity index (χ0) is 19.5. The first-order valence-electron chi connectivity index (χ1n) is 7.75. The molecule has 0 aromatic heterocycles. The van der Waals surface area contributed by atoms with E-state index < -0.39 is 15.9 Å². The Morgan fingerprint density at radius 3 is 2.23 bits per heavy atom. The molecule has 0 unspecified atom stereocenters.